The van der Waals surface area contributed by atoms with Crippen molar-refractivity contribution in [2.45, 2.75) is 56.1 Å². The Morgan fingerprint density at radius 1 is 1.26 bits per heavy atom. The Bertz CT molecular complexity index is 573. The van der Waals surface area contributed by atoms with Crippen LogP contribution in [-0.2, 0) is 23.8 Å². The Balaban J connectivity index is 0.00000364. The molecule has 1 saturated heterocycles. The fourth-order valence-electron chi connectivity index (χ4n) is 2.67. The number of aliphatic hydroxyl groups excluding tert-OH is 5. The van der Waals surface area contributed by atoms with E-state index in [-0.39, 0.29) is 29.6 Å². The van der Waals surface area contributed by atoms with E-state index < -0.39 is 73.4 Å². The molecule has 2 heterocycles. The van der Waals surface area contributed by atoms with E-state index in [1.807, 2.05) is 0 Å². The van der Waals surface area contributed by atoms with Crippen LogP contribution in [0.2, 0.25) is 0 Å². The van der Waals surface area contributed by atoms with E-state index in [0.717, 1.165) is 6.92 Å². The molecule has 12 nitrogen and oxygen atoms in total. The summed E-state index contributed by atoms with van der Waals surface area (Å²) >= 11 is 0. The number of hydrogen-bond donors (Lipinski definition) is 6. The maximum atomic E-state index is 11.2. The van der Waals surface area contributed by atoms with Crippen molar-refractivity contribution in [3.05, 3.63) is 11.8 Å². The van der Waals surface area contributed by atoms with Crippen molar-refractivity contribution in [3.63, 3.8) is 0 Å². The van der Waals surface area contributed by atoms with Gasteiger partial charge in [0.05, 0.1) is 6.61 Å². The molecule has 0 saturated carbocycles. The molecule has 0 aliphatic carbocycles. The second-order valence-electron chi connectivity index (χ2n) is 5.85. The van der Waals surface area contributed by atoms with Gasteiger partial charge in [0.1, 0.15) is 48.3 Å². The molecule has 148 valence electrons. The van der Waals surface area contributed by atoms with Gasteiger partial charge in [-0.25, -0.2) is 0 Å². The van der Waals surface area contributed by atoms with Crippen molar-refractivity contribution in [3.8, 4) is 0 Å². The Morgan fingerprint density at radius 2 is 1.89 bits per heavy atom. The van der Waals surface area contributed by atoms with Crippen LogP contribution in [0.25, 0.3) is 0 Å². The number of carbonyl (C=O) groups excluding carboxylic acids is 2. The Morgan fingerprint density at radius 3 is 2.41 bits per heavy atom. The smallest absolute Gasteiger partial charge is 0.542 e. The van der Waals surface area contributed by atoms with Crippen molar-refractivity contribution in [1.82, 2.24) is 5.32 Å². The van der Waals surface area contributed by atoms with Crippen LogP contribution in [0.3, 0.4) is 0 Å². The monoisotopic (exact) mass is 401 g/mol. The van der Waals surface area contributed by atoms with E-state index in [2.05, 4.69) is 5.32 Å². The number of amides is 1. The van der Waals surface area contributed by atoms with Gasteiger partial charge in [-0.15, -0.1) is 0 Å². The molecule has 0 aromatic carbocycles. The summed E-state index contributed by atoms with van der Waals surface area (Å²) in [5.74, 6) is -3.15. The summed E-state index contributed by atoms with van der Waals surface area (Å²) in [6.07, 6.45) is -10.5. The molecule has 0 aromatic heterocycles. The van der Waals surface area contributed by atoms with Crippen LogP contribution >= 0.6 is 0 Å². The van der Waals surface area contributed by atoms with Gasteiger partial charge in [0.25, 0.3) is 0 Å². The third-order valence-corrected chi connectivity index (χ3v) is 3.93. The standard InChI is InChI=1S/C14H21NO11.Na/c1-4(17)15-8-10(20)11(7(3-16)24-13(8)23)26-14-9(19)5(18)2-6(25-14)12(21)22;/h2,5,7-11,13-14,16,18-20,23H,3H2,1H3,(H,15,17)(H,21,22);/q;+1/p-1. The van der Waals surface area contributed by atoms with Gasteiger partial charge in [-0.2, -0.15) is 0 Å². The van der Waals surface area contributed by atoms with E-state index in [1.165, 1.54) is 0 Å². The molecule has 0 spiro atoms. The molecule has 1 fully saturated rings. The van der Waals surface area contributed by atoms with Gasteiger partial charge in [-0.1, -0.05) is 0 Å². The Labute approximate surface area is 175 Å². The topological polar surface area (TPSA) is 198 Å². The van der Waals surface area contributed by atoms with E-state index in [9.17, 15) is 40.2 Å². The molecular formula is C14H20NNaO11. The zero-order chi connectivity index (χ0) is 19.6. The zero-order valence-electron chi connectivity index (χ0n) is 14.6. The minimum Gasteiger partial charge on any atom is -0.542 e. The van der Waals surface area contributed by atoms with Gasteiger partial charge in [0, 0.05) is 6.92 Å². The first kappa shape index (κ1) is 24.2. The molecule has 2 aliphatic heterocycles. The second kappa shape index (κ2) is 10.1. The molecule has 2 rings (SSSR count). The predicted octanol–water partition coefficient (Wildman–Crippen LogP) is -8.34. The molecule has 0 radical (unpaired) electrons. The minimum atomic E-state index is -1.77. The number of aliphatic carboxylic acids is 1. The number of rotatable bonds is 5. The van der Waals surface area contributed by atoms with E-state index in [1.54, 1.807) is 0 Å². The fraction of sp³-hybridized carbons (Fsp3) is 0.714. The van der Waals surface area contributed by atoms with E-state index >= 15 is 0 Å². The number of aliphatic hydroxyl groups is 5. The van der Waals surface area contributed by atoms with Gasteiger partial charge in [0.2, 0.25) is 12.2 Å². The molecule has 2 aliphatic rings. The number of carboxylic acids is 1. The molecular weight excluding hydrogens is 381 g/mol. The van der Waals surface area contributed by atoms with Crippen molar-refractivity contribution in [1.29, 1.82) is 0 Å². The average Bonchev–Trinajstić information content (AvgIpc) is 2.56. The number of carboxylic acid groups (broad SMARTS) is 1. The van der Waals surface area contributed by atoms with Crippen LogP contribution in [-0.4, -0.2) is 93.2 Å². The first-order chi connectivity index (χ1) is 12.1. The SMILES string of the molecule is CC(=O)NC1C(O)OC(CO)C(OC2OC(C(=O)[O-])=CC(O)C2O)C1O.[Na+]. The summed E-state index contributed by atoms with van der Waals surface area (Å²) in [5.41, 5.74) is 0. The molecule has 1 amide bonds. The van der Waals surface area contributed by atoms with Crippen molar-refractivity contribution in [2.24, 2.45) is 0 Å². The maximum Gasteiger partial charge on any atom is 1.00 e. The molecule has 0 bridgehead atoms. The molecule has 0 aromatic rings. The zero-order valence-corrected chi connectivity index (χ0v) is 16.6. The number of nitrogens with one attached hydrogen (secondary N) is 1. The van der Waals surface area contributed by atoms with Gasteiger partial charge in [-0.3, -0.25) is 4.79 Å². The van der Waals surface area contributed by atoms with Crippen LogP contribution in [0, 0.1) is 0 Å². The van der Waals surface area contributed by atoms with Crippen molar-refractivity contribution >= 4 is 11.9 Å². The third-order valence-electron chi connectivity index (χ3n) is 3.93. The predicted molar refractivity (Wildman–Crippen MR) is 76.4 cm³/mol. The van der Waals surface area contributed by atoms with Gasteiger partial charge >= 0.3 is 29.6 Å². The first-order valence-corrected chi connectivity index (χ1v) is 7.66. The maximum absolute atomic E-state index is 11.2. The van der Waals surface area contributed by atoms with Crippen LogP contribution in [0.5, 0.6) is 0 Å². The van der Waals surface area contributed by atoms with E-state index in [4.69, 9.17) is 14.2 Å². The third kappa shape index (κ3) is 5.60. The van der Waals surface area contributed by atoms with Gasteiger partial charge in [0.15, 0.2) is 6.29 Å². The van der Waals surface area contributed by atoms with Crippen molar-refractivity contribution in [2.75, 3.05) is 6.61 Å². The normalized spacial score (nSPS) is 38.8. The molecule has 27 heavy (non-hydrogen) atoms. The van der Waals surface area contributed by atoms with Crippen LogP contribution < -0.4 is 40.0 Å². The first-order valence-electron chi connectivity index (χ1n) is 7.66. The van der Waals surface area contributed by atoms with E-state index in [0.29, 0.717) is 6.08 Å². The van der Waals surface area contributed by atoms with Crippen molar-refractivity contribution < 1.29 is 84.0 Å². The van der Waals surface area contributed by atoms with Crippen LogP contribution in [0.4, 0.5) is 0 Å². The molecule has 8 unspecified atom stereocenters. The summed E-state index contributed by atoms with van der Waals surface area (Å²) in [5, 5.41) is 62.3. The quantitative estimate of drug-likeness (QED) is 0.239. The minimum absolute atomic E-state index is 0. The van der Waals surface area contributed by atoms with Gasteiger partial charge < -0.3 is 55.0 Å². The largest absolute Gasteiger partial charge is 1.00 e. The average molecular weight is 401 g/mol. The fourth-order valence-corrected chi connectivity index (χ4v) is 2.67. The summed E-state index contributed by atoms with van der Waals surface area (Å²) < 4.78 is 15.3. The van der Waals surface area contributed by atoms with Gasteiger partial charge in [-0.05, 0) is 6.08 Å². The Hall–Kier alpha value is -0.800. The summed E-state index contributed by atoms with van der Waals surface area (Å²) in [7, 11) is 0. The number of carbonyl (C=O) groups is 2. The summed E-state index contributed by atoms with van der Waals surface area (Å²) in [4.78, 5) is 22.1. The summed E-state index contributed by atoms with van der Waals surface area (Å²) in [6.45, 7) is 0.412. The van der Waals surface area contributed by atoms with Crippen LogP contribution in [0.1, 0.15) is 6.92 Å². The number of ether oxygens (including phenoxy) is 3. The second-order valence-corrected chi connectivity index (χ2v) is 5.85. The number of hydrogen-bond acceptors (Lipinski definition) is 11. The Kier molecular flexibility index (Phi) is 9.08. The molecule has 13 heteroatoms. The van der Waals surface area contributed by atoms with Crippen LogP contribution in [0.15, 0.2) is 11.8 Å². The molecule has 6 N–H and O–H groups in total. The summed E-state index contributed by atoms with van der Waals surface area (Å²) in [6, 6.07) is -1.33. The molecule has 8 atom stereocenters.